The minimum absolute atomic E-state index is 0.242. The monoisotopic (exact) mass is 346 g/mol. The second-order valence-electron chi connectivity index (χ2n) is 5.07. The zero-order chi connectivity index (χ0) is 15.8. The van der Waals surface area contributed by atoms with Crippen molar-refractivity contribution in [2.24, 2.45) is 0 Å². The number of halogens is 2. The van der Waals surface area contributed by atoms with E-state index in [2.05, 4.69) is 10.6 Å². The third-order valence-corrected chi connectivity index (χ3v) is 4.00. The molecule has 1 saturated heterocycles. The average molecular weight is 347 g/mol. The van der Waals surface area contributed by atoms with E-state index < -0.39 is 0 Å². The van der Waals surface area contributed by atoms with E-state index in [1.54, 1.807) is 18.2 Å². The molecule has 1 aromatic carbocycles. The molecule has 2 rings (SSSR count). The van der Waals surface area contributed by atoms with Gasteiger partial charge < -0.3 is 20.1 Å². The van der Waals surface area contributed by atoms with E-state index in [1.807, 2.05) is 0 Å². The molecule has 2 N–H and O–H groups in total. The summed E-state index contributed by atoms with van der Waals surface area (Å²) in [6.45, 7) is 2.62. The molecule has 0 unspecified atom stereocenters. The summed E-state index contributed by atoms with van der Waals surface area (Å²) >= 11 is 11.7. The molecule has 0 saturated carbocycles. The zero-order valence-electron chi connectivity index (χ0n) is 12.2. The van der Waals surface area contributed by atoms with Crippen LogP contribution in [-0.4, -0.2) is 38.5 Å². The summed E-state index contributed by atoms with van der Waals surface area (Å²) in [6, 6.07) is 4.66. The first-order valence-electron chi connectivity index (χ1n) is 7.34. The molecule has 7 heteroatoms. The lowest BCUT2D eigenvalue weighted by Gasteiger charge is -2.11. The van der Waals surface area contributed by atoms with Gasteiger partial charge in [-0.15, -0.1) is 0 Å². The lowest BCUT2D eigenvalue weighted by molar-refractivity contribution is 0.0168. The summed E-state index contributed by atoms with van der Waals surface area (Å²) in [6.07, 6.45) is 3.18. The van der Waals surface area contributed by atoms with Crippen LogP contribution in [0.4, 0.5) is 10.5 Å². The van der Waals surface area contributed by atoms with E-state index in [4.69, 9.17) is 32.7 Å². The Morgan fingerprint density at radius 3 is 2.95 bits per heavy atom. The lowest BCUT2D eigenvalue weighted by atomic mass is 10.2. The fraction of sp³-hybridized carbons (Fsp3) is 0.533. The van der Waals surface area contributed by atoms with Crippen LogP contribution in [0.5, 0.6) is 0 Å². The molecule has 1 aliphatic rings. The Morgan fingerprint density at radius 2 is 2.23 bits per heavy atom. The van der Waals surface area contributed by atoms with Gasteiger partial charge in [-0.05, 0) is 37.5 Å². The fourth-order valence-electron chi connectivity index (χ4n) is 2.12. The maximum atomic E-state index is 11.7. The first kappa shape index (κ1) is 17.3. The summed E-state index contributed by atoms with van der Waals surface area (Å²) in [4.78, 5) is 11.7. The molecule has 1 aromatic rings. The third-order valence-electron chi connectivity index (χ3n) is 3.26. The van der Waals surface area contributed by atoms with E-state index in [0.29, 0.717) is 35.5 Å². The first-order chi connectivity index (χ1) is 10.6. The molecular weight excluding hydrogens is 327 g/mol. The van der Waals surface area contributed by atoms with Gasteiger partial charge in [-0.1, -0.05) is 23.2 Å². The van der Waals surface area contributed by atoms with E-state index >= 15 is 0 Å². The van der Waals surface area contributed by atoms with Crippen LogP contribution in [0.25, 0.3) is 0 Å². The van der Waals surface area contributed by atoms with Crippen molar-refractivity contribution in [1.29, 1.82) is 0 Å². The van der Waals surface area contributed by atoms with Gasteiger partial charge in [-0.25, -0.2) is 4.79 Å². The van der Waals surface area contributed by atoms with Gasteiger partial charge in [0.1, 0.15) is 0 Å². The SMILES string of the molecule is O=C(NCCCOC[C@@H]1CCCO1)Nc1ccc(Cl)c(Cl)c1. The molecule has 5 nitrogen and oxygen atoms in total. The Balaban J connectivity index is 1.54. The number of benzene rings is 1. The molecule has 1 atom stereocenters. The average Bonchev–Trinajstić information content (AvgIpc) is 3.00. The Labute approximate surface area is 140 Å². The van der Waals surface area contributed by atoms with Gasteiger partial charge in [0.2, 0.25) is 0 Å². The van der Waals surface area contributed by atoms with Crippen LogP contribution < -0.4 is 10.6 Å². The van der Waals surface area contributed by atoms with E-state index in [9.17, 15) is 4.79 Å². The summed E-state index contributed by atoms with van der Waals surface area (Å²) in [5, 5.41) is 6.31. The number of ether oxygens (including phenoxy) is 2. The van der Waals surface area contributed by atoms with Crippen LogP contribution in [0.3, 0.4) is 0 Å². The normalized spacial score (nSPS) is 17.5. The molecule has 0 aromatic heterocycles. The topological polar surface area (TPSA) is 59.6 Å². The number of urea groups is 1. The van der Waals surface area contributed by atoms with Gasteiger partial charge in [0.25, 0.3) is 0 Å². The van der Waals surface area contributed by atoms with Gasteiger partial charge in [0.15, 0.2) is 0 Å². The number of anilines is 1. The van der Waals surface area contributed by atoms with Crippen LogP contribution >= 0.6 is 23.2 Å². The summed E-state index contributed by atoms with van der Waals surface area (Å²) < 4.78 is 11.0. The van der Waals surface area contributed by atoms with Gasteiger partial charge in [0.05, 0.1) is 22.8 Å². The van der Waals surface area contributed by atoms with Crippen molar-refractivity contribution in [3.8, 4) is 0 Å². The van der Waals surface area contributed by atoms with Crippen LogP contribution in [-0.2, 0) is 9.47 Å². The number of nitrogens with one attached hydrogen (secondary N) is 2. The molecule has 122 valence electrons. The van der Waals surface area contributed by atoms with Crippen molar-refractivity contribution in [3.63, 3.8) is 0 Å². The van der Waals surface area contributed by atoms with Crippen molar-refractivity contribution >= 4 is 34.9 Å². The highest BCUT2D eigenvalue weighted by Gasteiger charge is 2.14. The quantitative estimate of drug-likeness (QED) is 0.740. The highest BCUT2D eigenvalue weighted by Crippen LogP contribution is 2.24. The minimum atomic E-state index is -0.280. The molecular formula is C15H20Cl2N2O3. The standard InChI is InChI=1S/C15H20Cl2N2O3/c16-13-5-4-11(9-14(13)17)19-15(20)18-6-2-7-21-10-12-3-1-8-22-12/h4-5,9,12H,1-3,6-8,10H2,(H2,18,19,20)/t12-/m0/s1. The highest BCUT2D eigenvalue weighted by molar-refractivity contribution is 6.42. The zero-order valence-corrected chi connectivity index (χ0v) is 13.8. The van der Waals surface area contributed by atoms with Crippen LogP contribution in [0.2, 0.25) is 10.0 Å². The Hall–Kier alpha value is -1.01. The maximum absolute atomic E-state index is 11.7. The Kier molecular flexibility index (Phi) is 7.25. The molecule has 2 amide bonds. The predicted octanol–water partition coefficient (Wildman–Crippen LogP) is 3.70. The summed E-state index contributed by atoms with van der Waals surface area (Å²) in [7, 11) is 0. The van der Waals surface area contributed by atoms with Gasteiger partial charge in [-0.2, -0.15) is 0 Å². The van der Waals surface area contributed by atoms with Crippen LogP contribution in [0, 0.1) is 0 Å². The van der Waals surface area contributed by atoms with E-state index in [0.717, 1.165) is 25.9 Å². The van der Waals surface area contributed by atoms with Crippen LogP contribution in [0.1, 0.15) is 19.3 Å². The highest BCUT2D eigenvalue weighted by atomic mass is 35.5. The van der Waals surface area contributed by atoms with Gasteiger partial charge in [0, 0.05) is 25.4 Å². The molecule has 0 bridgehead atoms. The molecule has 0 radical (unpaired) electrons. The summed E-state index contributed by atoms with van der Waals surface area (Å²) in [5.74, 6) is 0. The molecule has 0 spiro atoms. The number of amides is 2. The Bertz CT molecular complexity index is 494. The fourth-order valence-corrected chi connectivity index (χ4v) is 2.41. The van der Waals surface area contributed by atoms with Crippen molar-refractivity contribution in [3.05, 3.63) is 28.2 Å². The van der Waals surface area contributed by atoms with Crippen molar-refractivity contribution in [1.82, 2.24) is 5.32 Å². The molecule has 1 fully saturated rings. The summed E-state index contributed by atoms with van der Waals surface area (Å²) in [5.41, 5.74) is 0.599. The number of hydrogen-bond donors (Lipinski definition) is 2. The number of hydrogen-bond acceptors (Lipinski definition) is 3. The van der Waals surface area contributed by atoms with Crippen LogP contribution in [0.15, 0.2) is 18.2 Å². The molecule has 22 heavy (non-hydrogen) atoms. The molecule has 0 aliphatic carbocycles. The van der Waals surface area contributed by atoms with Crippen molar-refractivity contribution < 1.29 is 14.3 Å². The number of rotatable bonds is 7. The van der Waals surface area contributed by atoms with Crippen molar-refractivity contribution in [2.75, 3.05) is 31.7 Å². The largest absolute Gasteiger partial charge is 0.379 e. The second kappa shape index (κ2) is 9.20. The predicted molar refractivity (Wildman–Crippen MR) is 87.9 cm³/mol. The maximum Gasteiger partial charge on any atom is 0.319 e. The van der Waals surface area contributed by atoms with E-state index in [1.165, 1.54) is 0 Å². The first-order valence-corrected chi connectivity index (χ1v) is 8.10. The van der Waals surface area contributed by atoms with Gasteiger partial charge in [-0.3, -0.25) is 0 Å². The number of carbonyl (C=O) groups excluding carboxylic acids is 1. The second-order valence-corrected chi connectivity index (χ2v) is 5.89. The third kappa shape index (κ3) is 6.01. The van der Waals surface area contributed by atoms with Gasteiger partial charge >= 0.3 is 6.03 Å². The van der Waals surface area contributed by atoms with Crippen molar-refractivity contribution in [2.45, 2.75) is 25.4 Å². The molecule has 1 heterocycles. The minimum Gasteiger partial charge on any atom is -0.379 e. The lowest BCUT2D eigenvalue weighted by Crippen LogP contribution is -2.30. The molecule has 1 aliphatic heterocycles. The number of carbonyl (C=O) groups is 1. The Morgan fingerprint density at radius 1 is 1.36 bits per heavy atom. The smallest absolute Gasteiger partial charge is 0.319 e. The van der Waals surface area contributed by atoms with E-state index in [-0.39, 0.29) is 12.1 Å².